The van der Waals surface area contributed by atoms with Crippen molar-refractivity contribution in [3.63, 3.8) is 0 Å². The van der Waals surface area contributed by atoms with Crippen molar-refractivity contribution < 1.29 is 20.4 Å². The zero-order valence-corrected chi connectivity index (χ0v) is 23.1. The molecule has 4 N–H and O–H groups in total. The first kappa shape index (κ1) is 26.6. The second-order valence-corrected chi connectivity index (χ2v) is 14.8. The van der Waals surface area contributed by atoms with Gasteiger partial charge < -0.3 is 20.4 Å². The molecule has 4 rings (SSSR count). The quantitative estimate of drug-likeness (QED) is 0.406. The zero-order valence-electron chi connectivity index (χ0n) is 23.1. The largest absolute Gasteiger partial charge is 0.393 e. The lowest BCUT2D eigenvalue weighted by atomic mass is 9.34. The molecule has 0 amide bonds. The average molecular weight is 477 g/mol. The van der Waals surface area contributed by atoms with E-state index in [4.69, 9.17) is 0 Å². The summed E-state index contributed by atoms with van der Waals surface area (Å²) in [5, 5.41) is 44.4. The molecule has 0 aromatic rings. The standard InChI is InChI=1S/C30H52O4/c1-18(10-9-13-26(2,3)34)19-11-15-29(7)24(19)20(31)16-22-28(6)14-12-23(33)27(4,5)25(28)21(32)17-30(22,29)8/h10,19-25,31-34H,9,11-17H2,1-8H3/b18-10-/t19-,20-,21+,22-,23+,24+,25+,28-,29-,30-/m1/s1. The molecule has 0 radical (unpaired) electrons. The molecule has 0 heterocycles. The topological polar surface area (TPSA) is 80.9 Å². The molecule has 0 aromatic carbocycles. The van der Waals surface area contributed by atoms with Crippen molar-refractivity contribution in [3.8, 4) is 0 Å². The predicted octanol–water partition coefficient (Wildman–Crippen LogP) is 5.47. The van der Waals surface area contributed by atoms with Crippen molar-refractivity contribution in [2.75, 3.05) is 0 Å². The second kappa shape index (κ2) is 8.30. The van der Waals surface area contributed by atoms with Crippen LogP contribution >= 0.6 is 0 Å². The first-order chi connectivity index (χ1) is 15.5. The monoisotopic (exact) mass is 476 g/mol. The van der Waals surface area contributed by atoms with Crippen LogP contribution in [-0.2, 0) is 0 Å². The van der Waals surface area contributed by atoms with Crippen molar-refractivity contribution in [2.45, 2.75) is 131 Å². The van der Waals surface area contributed by atoms with E-state index in [1.807, 2.05) is 13.8 Å². The number of allylic oxidation sites excluding steroid dienone is 2. The number of hydrogen-bond acceptors (Lipinski definition) is 4. The molecule has 4 saturated carbocycles. The molecule has 0 saturated heterocycles. The molecule has 0 bridgehead atoms. The summed E-state index contributed by atoms with van der Waals surface area (Å²) in [6.45, 7) is 17.4. The molecule has 4 aliphatic rings. The third-order valence-corrected chi connectivity index (χ3v) is 12.1. The first-order valence-electron chi connectivity index (χ1n) is 13.9. The van der Waals surface area contributed by atoms with Gasteiger partial charge in [0.25, 0.3) is 0 Å². The molecule has 34 heavy (non-hydrogen) atoms. The van der Waals surface area contributed by atoms with E-state index in [1.165, 1.54) is 5.57 Å². The summed E-state index contributed by atoms with van der Waals surface area (Å²) >= 11 is 0. The van der Waals surface area contributed by atoms with Crippen LogP contribution in [0.25, 0.3) is 0 Å². The fourth-order valence-corrected chi connectivity index (χ4v) is 10.2. The van der Waals surface area contributed by atoms with Crippen LogP contribution in [0.5, 0.6) is 0 Å². The summed E-state index contributed by atoms with van der Waals surface area (Å²) in [6, 6.07) is 0. The molecular weight excluding hydrogens is 424 g/mol. The average Bonchev–Trinajstić information content (AvgIpc) is 3.06. The second-order valence-electron chi connectivity index (χ2n) is 14.8. The molecule has 4 aliphatic carbocycles. The number of fused-ring (bicyclic) bond motifs is 5. The number of hydrogen-bond donors (Lipinski definition) is 4. The molecule has 10 atom stereocenters. The molecule has 0 aliphatic heterocycles. The summed E-state index contributed by atoms with van der Waals surface area (Å²) in [7, 11) is 0. The van der Waals surface area contributed by atoms with Crippen molar-refractivity contribution in [1.29, 1.82) is 0 Å². The van der Waals surface area contributed by atoms with Gasteiger partial charge in [0.05, 0.1) is 23.9 Å². The highest BCUT2D eigenvalue weighted by Gasteiger charge is 2.72. The molecule has 196 valence electrons. The Balaban J connectivity index is 1.67. The van der Waals surface area contributed by atoms with Gasteiger partial charge >= 0.3 is 0 Å². The fraction of sp³-hybridized carbons (Fsp3) is 0.933. The first-order valence-corrected chi connectivity index (χ1v) is 13.9. The van der Waals surface area contributed by atoms with Crippen LogP contribution in [0.1, 0.15) is 107 Å². The Kier molecular flexibility index (Phi) is 6.50. The molecule has 0 aromatic heterocycles. The third-order valence-electron chi connectivity index (χ3n) is 12.1. The lowest BCUT2D eigenvalue weighted by Gasteiger charge is -2.71. The molecule has 4 nitrogen and oxygen atoms in total. The Morgan fingerprint density at radius 1 is 0.941 bits per heavy atom. The van der Waals surface area contributed by atoms with Crippen molar-refractivity contribution in [3.05, 3.63) is 11.6 Å². The Labute approximate surface area is 208 Å². The van der Waals surface area contributed by atoms with Crippen LogP contribution in [0.15, 0.2) is 11.6 Å². The van der Waals surface area contributed by atoms with Gasteiger partial charge in [-0.3, -0.25) is 0 Å². The van der Waals surface area contributed by atoms with Gasteiger partial charge in [0.15, 0.2) is 0 Å². The van der Waals surface area contributed by atoms with E-state index in [1.54, 1.807) is 0 Å². The van der Waals surface area contributed by atoms with Crippen molar-refractivity contribution in [1.82, 2.24) is 0 Å². The lowest BCUT2D eigenvalue weighted by Crippen LogP contribution is -2.69. The molecule has 4 fully saturated rings. The van der Waals surface area contributed by atoms with E-state index < -0.39 is 11.7 Å². The van der Waals surface area contributed by atoms with Crippen LogP contribution in [-0.4, -0.2) is 44.3 Å². The minimum Gasteiger partial charge on any atom is -0.393 e. The van der Waals surface area contributed by atoms with Gasteiger partial charge in [-0.1, -0.05) is 46.3 Å². The SMILES string of the molecule is C/C(=C/CCC(C)(C)O)[C@H]1CC[C@]2(C)[C@@H]1[C@H](O)C[C@@H]1[C@@]3(C)CC[C@H](O)C(C)(C)[C@@H]3[C@@H](O)C[C@]12C. The minimum atomic E-state index is -0.655. The van der Waals surface area contributed by atoms with Gasteiger partial charge in [-0.05, 0) is 117 Å². The van der Waals surface area contributed by atoms with Crippen LogP contribution in [0.3, 0.4) is 0 Å². The van der Waals surface area contributed by atoms with Gasteiger partial charge in [-0.25, -0.2) is 0 Å². The molecular formula is C30H52O4. The highest BCUT2D eigenvalue weighted by Crippen LogP contribution is 2.75. The third kappa shape index (κ3) is 3.76. The summed E-state index contributed by atoms with van der Waals surface area (Å²) in [5.41, 5.74) is 0.232. The van der Waals surface area contributed by atoms with E-state index in [-0.39, 0.29) is 45.7 Å². The highest BCUT2D eigenvalue weighted by atomic mass is 16.3. The lowest BCUT2D eigenvalue weighted by molar-refractivity contribution is -0.270. The molecule has 0 unspecified atom stereocenters. The number of aliphatic hydroxyl groups excluding tert-OH is 3. The van der Waals surface area contributed by atoms with Crippen LogP contribution in [0, 0.1) is 45.3 Å². The molecule has 0 spiro atoms. The Hall–Kier alpha value is -0.420. The van der Waals surface area contributed by atoms with Gasteiger partial charge in [-0.15, -0.1) is 0 Å². The summed E-state index contributed by atoms with van der Waals surface area (Å²) in [6.07, 6.45) is 8.21. The van der Waals surface area contributed by atoms with E-state index in [9.17, 15) is 20.4 Å². The maximum Gasteiger partial charge on any atom is 0.0595 e. The van der Waals surface area contributed by atoms with E-state index >= 15 is 0 Å². The normalized spacial score (nSPS) is 50.9. The van der Waals surface area contributed by atoms with Crippen LogP contribution < -0.4 is 0 Å². The maximum absolute atomic E-state index is 11.7. The van der Waals surface area contributed by atoms with Crippen LogP contribution in [0.4, 0.5) is 0 Å². The zero-order chi connectivity index (χ0) is 25.5. The Morgan fingerprint density at radius 3 is 2.21 bits per heavy atom. The van der Waals surface area contributed by atoms with Gasteiger partial charge in [0.2, 0.25) is 0 Å². The molecule has 4 heteroatoms. The minimum absolute atomic E-state index is 0.0273. The van der Waals surface area contributed by atoms with Crippen LogP contribution in [0.2, 0.25) is 0 Å². The van der Waals surface area contributed by atoms with Gasteiger partial charge in [-0.2, -0.15) is 0 Å². The van der Waals surface area contributed by atoms with Gasteiger partial charge in [0, 0.05) is 0 Å². The van der Waals surface area contributed by atoms with E-state index in [2.05, 4.69) is 47.6 Å². The summed E-state index contributed by atoms with van der Waals surface area (Å²) in [4.78, 5) is 0. The number of rotatable bonds is 4. The fourth-order valence-electron chi connectivity index (χ4n) is 10.2. The van der Waals surface area contributed by atoms with E-state index in [0.29, 0.717) is 11.8 Å². The maximum atomic E-state index is 11.7. The van der Waals surface area contributed by atoms with Crippen molar-refractivity contribution >= 4 is 0 Å². The Bertz CT molecular complexity index is 811. The predicted molar refractivity (Wildman–Crippen MR) is 137 cm³/mol. The smallest absolute Gasteiger partial charge is 0.0595 e. The number of aliphatic hydroxyl groups is 4. The summed E-state index contributed by atoms with van der Waals surface area (Å²) in [5.74, 6) is 0.970. The Morgan fingerprint density at radius 2 is 1.59 bits per heavy atom. The van der Waals surface area contributed by atoms with E-state index in [0.717, 1.165) is 51.4 Å². The summed E-state index contributed by atoms with van der Waals surface area (Å²) < 4.78 is 0. The van der Waals surface area contributed by atoms with Gasteiger partial charge in [0.1, 0.15) is 0 Å². The van der Waals surface area contributed by atoms with Crippen molar-refractivity contribution in [2.24, 2.45) is 45.3 Å². The highest BCUT2D eigenvalue weighted by molar-refractivity contribution is 5.23.